The number of methoxy groups -OCH3 is 1. The number of carbonyl (C=O) groups excluding carboxylic acids is 1. The van der Waals surface area contributed by atoms with E-state index in [1.165, 1.54) is 12.1 Å². The molecule has 4 N–H and O–H groups in total. The van der Waals surface area contributed by atoms with Gasteiger partial charge in [0.1, 0.15) is 11.5 Å². The number of anilines is 1. The van der Waals surface area contributed by atoms with Crippen molar-refractivity contribution in [2.75, 3.05) is 24.7 Å². The number of sulfonamides is 1. The second kappa shape index (κ2) is 10.2. The molecule has 2 amide bonds. The van der Waals surface area contributed by atoms with Gasteiger partial charge in [-0.2, -0.15) is 0 Å². The SMILES string of the molecule is COc1ccc(Oc2c(Cl)cc(NC(=O)NCCS(N)(=O)=O)cc2Cl)cc1C(C)C. The first kappa shape index (κ1) is 24.1. The zero-order chi connectivity index (χ0) is 22.5. The van der Waals surface area contributed by atoms with Gasteiger partial charge in [-0.1, -0.05) is 37.0 Å². The molecular weight excluding hydrogens is 453 g/mol. The minimum Gasteiger partial charge on any atom is -0.496 e. The number of nitrogens with one attached hydrogen (secondary N) is 2. The number of nitrogens with two attached hydrogens (primary N) is 1. The lowest BCUT2D eigenvalue weighted by Crippen LogP contribution is -2.34. The number of hydrogen-bond acceptors (Lipinski definition) is 5. The fourth-order valence-corrected chi connectivity index (χ4v) is 3.51. The lowest BCUT2D eigenvalue weighted by molar-refractivity contribution is 0.252. The van der Waals surface area contributed by atoms with Crippen LogP contribution < -0.4 is 25.2 Å². The number of carbonyl (C=O) groups is 1. The predicted molar refractivity (Wildman–Crippen MR) is 119 cm³/mol. The monoisotopic (exact) mass is 475 g/mol. The molecule has 0 bridgehead atoms. The molecule has 0 aliphatic carbocycles. The second-order valence-corrected chi connectivity index (χ2v) is 9.23. The molecule has 164 valence electrons. The van der Waals surface area contributed by atoms with E-state index in [1.807, 2.05) is 19.9 Å². The Morgan fingerprint density at radius 2 is 1.80 bits per heavy atom. The van der Waals surface area contributed by atoms with Crippen LogP contribution in [0.1, 0.15) is 25.3 Å². The van der Waals surface area contributed by atoms with E-state index in [0.29, 0.717) is 11.4 Å². The summed E-state index contributed by atoms with van der Waals surface area (Å²) in [5.74, 6) is 1.36. The average Bonchev–Trinajstić information content (AvgIpc) is 2.63. The van der Waals surface area contributed by atoms with Gasteiger partial charge in [0.15, 0.2) is 5.75 Å². The molecule has 2 aromatic rings. The fraction of sp³-hybridized carbons (Fsp3) is 0.316. The molecule has 0 aliphatic heterocycles. The van der Waals surface area contributed by atoms with Crippen molar-refractivity contribution in [1.82, 2.24) is 5.32 Å². The van der Waals surface area contributed by atoms with Crippen LogP contribution in [-0.2, 0) is 10.0 Å². The molecule has 11 heteroatoms. The third kappa shape index (κ3) is 6.94. The highest BCUT2D eigenvalue weighted by atomic mass is 35.5. The molecule has 0 aliphatic rings. The van der Waals surface area contributed by atoms with E-state index in [9.17, 15) is 13.2 Å². The van der Waals surface area contributed by atoms with Crippen LogP contribution in [-0.4, -0.2) is 33.9 Å². The van der Waals surface area contributed by atoms with Crippen molar-refractivity contribution in [1.29, 1.82) is 0 Å². The van der Waals surface area contributed by atoms with Gasteiger partial charge < -0.3 is 20.1 Å². The van der Waals surface area contributed by atoms with E-state index in [1.54, 1.807) is 19.2 Å². The number of ether oxygens (including phenoxy) is 2. The summed E-state index contributed by atoms with van der Waals surface area (Å²) >= 11 is 12.6. The number of urea groups is 1. The van der Waals surface area contributed by atoms with Crippen LogP contribution in [0.15, 0.2) is 30.3 Å². The molecule has 0 unspecified atom stereocenters. The third-order valence-electron chi connectivity index (χ3n) is 3.97. The molecule has 30 heavy (non-hydrogen) atoms. The van der Waals surface area contributed by atoms with Crippen LogP contribution in [0.25, 0.3) is 0 Å². The molecule has 0 saturated heterocycles. The van der Waals surface area contributed by atoms with Gasteiger partial charge in [0.2, 0.25) is 10.0 Å². The smallest absolute Gasteiger partial charge is 0.319 e. The topological polar surface area (TPSA) is 120 Å². The predicted octanol–water partition coefficient (Wildman–Crippen LogP) is 4.33. The Morgan fingerprint density at radius 3 is 2.33 bits per heavy atom. The quantitative estimate of drug-likeness (QED) is 0.524. The summed E-state index contributed by atoms with van der Waals surface area (Å²) in [6, 6.07) is 7.69. The lowest BCUT2D eigenvalue weighted by atomic mass is 10.0. The summed E-state index contributed by atoms with van der Waals surface area (Å²) < 4.78 is 33.0. The summed E-state index contributed by atoms with van der Waals surface area (Å²) in [5.41, 5.74) is 1.28. The Hall–Kier alpha value is -2.20. The Bertz CT molecular complexity index is 1010. The number of hydrogen-bond donors (Lipinski definition) is 3. The van der Waals surface area contributed by atoms with Crippen molar-refractivity contribution in [3.63, 3.8) is 0 Å². The van der Waals surface area contributed by atoms with Gasteiger partial charge in [-0.05, 0) is 36.2 Å². The molecule has 0 radical (unpaired) electrons. The van der Waals surface area contributed by atoms with Crippen molar-refractivity contribution in [3.05, 3.63) is 45.9 Å². The minimum atomic E-state index is -3.66. The van der Waals surface area contributed by atoms with Crippen molar-refractivity contribution < 1.29 is 22.7 Å². The number of rotatable bonds is 8. The molecule has 0 heterocycles. The maximum Gasteiger partial charge on any atom is 0.319 e. The van der Waals surface area contributed by atoms with Crippen LogP contribution in [0, 0.1) is 0 Å². The summed E-state index contributed by atoms with van der Waals surface area (Å²) in [5, 5.41) is 10.1. The third-order valence-corrected chi connectivity index (χ3v) is 5.31. The number of amides is 2. The minimum absolute atomic E-state index is 0.136. The number of benzene rings is 2. The highest BCUT2D eigenvalue weighted by molar-refractivity contribution is 7.89. The first-order valence-corrected chi connectivity index (χ1v) is 11.4. The van der Waals surface area contributed by atoms with Gasteiger partial charge in [0, 0.05) is 17.8 Å². The maximum absolute atomic E-state index is 11.9. The summed E-state index contributed by atoms with van der Waals surface area (Å²) in [7, 11) is -2.06. The van der Waals surface area contributed by atoms with Gasteiger partial charge in [-0.3, -0.25) is 0 Å². The normalized spacial score (nSPS) is 11.3. The highest BCUT2D eigenvalue weighted by Crippen LogP contribution is 2.40. The van der Waals surface area contributed by atoms with Crippen LogP contribution >= 0.6 is 23.2 Å². The first-order chi connectivity index (χ1) is 14.0. The Labute approximate surface area is 185 Å². The number of primary sulfonamides is 1. The van der Waals surface area contributed by atoms with E-state index < -0.39 is 16.1 Å². The largest absolute Gasteiger partial charge is 0.496 e. The van der Waals surface area contributed by atoms with Gasteiger partial charge >= 0.3 is 6.03 Å². The molecule has 0 aromatic heterocycles. The summed E-state index contributed by atoms with van der Waals surface area (Å²) in [4.78, 5) is 11.9. The van der Waals surface area contributed by atoms with E-state index >= 15 is 0 Å². The van der Waals surface area contributed by atoms with Crippen LogP contribution in [0.5, 0.6) is 17.2 Å². The van der Waals surface area contributed by atoms with Gasteiger partial charge in [-0.15, -0.1) is 0 Å². The molecular formula is C19H23Cl2N3O5S. The van der Waals surface area contributed by atoms with Crippen LogP contribution in [0.2, 0.25) is 10.0 Å². The zero-order valence-corrected chi connectivity index (χ0v) is 19.0. The van der Waals surface area contributed by atoms with Crippen LogP contribution in [0.3, 0.4) is 0 Å². The molecule has 8 nitrogen and oxygen atoms in total. The molecule has 2 rings (SSSR count). The molecule has 0 spiro atoms. The Kier molecular flexibility index (Phi) is 8.19. The van der Waals surface area contributed by atoms with Crippen molar-refractivity contribution in [2.24, 2.45) is 5.14 Å². The highest BCUT2D eigenvalue weighted by Gasteiger charge is 2.15. The number of halogens is 2. The van der Waals surface area contributed by atoms with Crippen molar-refractivity contribution in [3.8, 4) is 17.2 Å². The van der Waals surface area contributed by atoms with Crippen molar-refractivity contribution >= 4 is 44.9 Å². The van der Waals surface area contributed by atoms with E-state index in [4.69, 9.17) is 37.8 Å². The van der Waals surface area contributed by atoms with Gasteiger partial charge in [0.25, 0.3) is 0 Å². The van der Waals surface area contributed by atoms with Gasteiger partial charge in [-0.25, -0.2) is 18.4 Å². The maximum atomic E-state index is 11.9. The standard InChI is InChI=1S/C19H23Cl2N3O5S/c1-11(2)14-10-13(4-5-17(14)28-3)29-18-15(20)8-12(9-16(18)21)24-19(25)23-6-7-30(22,26)27/h4-5,8-11H,6-7H2,1-3H3,(H2,22,26,27)(H2,23,24,25). The first-order valence-electron chi connectivity index (χ1n) is 8.90. The molecule has 0 saturated carbocycles. The lowest BCUT2D eigenvalue weighted by Gasteiger charge is -2.16. The second-order valence-electron chi connectivity index (χ2n) is 6.68. The fourth-order valence-electron chi connectivity index (χ4n) is 2.56. The zero-order valence-electron chi connectivity index (χ0n) is 16.7. The Balaban J connectivity index is 2.13. The van der Waals surface area contributed by atoms with Gasteiger partial charge in [0.05, 0.1) is 22.9 Å². The Morgan fingerprint density at radius 1 is 1.17 bits per heavy atom. The van der Waals surface area contributed by atoms with Crippen molar-refractivity contribution in [2.45, 2.75) is 19.8 Å². The average molecular weight is 476 g/mol. The van der Waals surface area contributed by atoms with E-state index in [-0.39, 0.29) is 34.0 Å². The summed E-state index contributed by atoms with van der Waals surface area (Å²) in [6.07, 6.45) is 0. The molecule has 0 atom stereocenters. The molecule has 0 fully saturated rings. The van der Waals surface area contributed by atoms with E-state index in [0.717, 1.165) is 11.3 Å². The summed E-state index contributed by atoms with van der Waals surface area (Å²) in [6.45, 7) is 3.94. The molecule has 2 aromatic carbocycles. The van der Waals surface area contributed by atoms with Crippen LogP contribution in [0.4, 0.5) is 10.5 Å². The van der Waals surface area contributed by atoms with E-state index in [2.05, 4.69) is 10.6 Å².